The first-order valence-corrected chi connectivity index (χ1v) is 4.68. The van der Waals surface area contributed by atoms with Gasteiger partial charge in [0.05, 0.1) is 6.54 Å². The van der Waals surface area contributed by atoms with E-state index in [1.807, 2.05) is 13.8 Å². The van der Waals surface area contributed by atoms with Gasteiger partial charge in [0.25, 0.3) is 6.43 Å². The van der Waals surface area contributed by atoms with Crippen LogP contribution >= 0.6 is 11.6 Å². The van der Waals surface area contributed by atoms with E-state index in [0.29, 0.717) is 11.8 Å². The third-order valence-electron chi connectivity index (χ3n) is 1.76. The highest BCUT2D eigenvalue weighted by Crippen LogP contribution is 2.07. The maximum absolute atomic E-state index is 11.8. The largest absolute Gasteiger partial charge is 0.308 e. The van der Waals surface area contributed by atoms with Crippen molar-refractivity contribution in [1.82, 2.24) is 5.32 Å². The van der Waals surface area contributed by atoms with E-state index in [4.69, 9.17) is 11.6 Å². The summed E-state index contributed by atoms with van der Waals surface area (Å²) < 4.78 is 23.6. The Labute approximate surface area is 77.5 Å². The predicted octanol–water partition coefficient (Wildman–Crippen LogP) is 2.49. The molecule has 0 fully saturated rings. The summed E-state index contributed by atoms with van der Waals surface area (Å²) in [5.41, 5.74) is 0. The zero-order valence-electron chi connectivity index (χ0n) is 7.49. The van der Waals surface area contributed by atoms with E-state index in [1.54, 1.807) is 0 Å². The van der Waals surface area contributed by atoms with E-state index in [-0.39, 0.29) is 12.6 Å². The van der Waals surface area contributed by atoms with Gasteiger partial charge < -0.3 is 5.32 Å². The van der Waals surface area contributed by atoms with Crippen molar-refractivity contribution in [1.29, 1.82) is 0 Å². The van der Waals surface area contributed by atoms with E-state index in [9.17, 15) is 8.78 Å². The van der Waals surface area contributed by atoms with Gasteiger partial charge in [-0.3, -0.25) is 0 Å². The van der Waals surface area contributed by atoms with Crippen LogP contribution in [-0.4, -0.2) is 24.9 Å². The van der Waals surface area contributed by atoms with Crippen LogP contribution in [0.25, 0.3) is 0 Å². The summed E-state index contributed by atoms with van der Waals surface area (Å²) in [5, 5.41) is 2.79. The Morgan fingerprint density at radius 3 is 2.25 bits per heavy atom. The highest BCUT2D eigenvalue weighted by Gasteiger charge is 2.13. The minimum Gasteiger partial charge on any atom is -0.308 e. The fourth-order valence-corrected chi connectivity index (χ4v) is 1.26. The summed E-state index contributed by atoms with van der Waals surface area (Å²) >= 11 is 5.53. The van der Waals surface area contributed by atoms with Crippen molar-refractivity contribution in [3.05, 3.63) is 0 Å². The molecule has 74 valence electrons. The first-order valence-electron chi connectivity index (χ1n) is 4.15. The number of rotatable bonds is 6. The first-order chi connectivity index (χ1) is 5.57. The minimum atomic E-state index is -2.28. The minimum absolute atomic E-state index is 0.108. The third kappa shape index (κ3) is 5.72. The van der Waals surface area contributed by atoms with Crippen molar-refractivity contribution >= 4 is 11.6 Å². The van der Waals surface area contributed by atoms with Crippen molar-refractivity contribution < 1.29 is 8.78 Å². The SMILES string of the molecule is CC(C)C(CCCl)NCC(F)F. The number of nitrogens with one attached hydrogen (secondary N) is 1. The Hall–Kier alpha value is 0.110. The second-order valence-corrected chi connectivity index (χ2v) is 3.51. The second kappa shape index (κ2) is 6.61. The Morgan fingerprint density at radius 2 is 1.92 bits per heavy atom. The van der Waals surface area contributed by atoms with Gasteiger partial charge in [-0.15, -0.1) is 11.6 Å². The molecule has 0 saturated carbocycles. The topological polar surface area (TPSA) is 12.0 Å². The van der Waals surface area contributed by atoms with Crippen molar-refractivity contribution in [2.24, 2.45) is 5.92 Å². The highest BCUT2D eigenvalue weighted by atomic mass is 35.5. The van der Waals surface area contributed by atoms with Crippen molar-refractivity contribution in [2.45, 2.75) is 32.7 Å². The lowest BCUT2D eigenvalue weighted by atomic mass is 10.0. The third-order valence-corrected chi connectivity index (χ3v) is 1.98. The maximum Gasteiger partial charge on any atom is 0.250 e. The lowest BCUT2D eigenvalue weighted by molar-refractivity contribution is 0.137. The second-order valence-electron chi connectivity index (χ2n) is 3.13. The average Bonchev–Trinajstić information content (AvgIpc) is 1.96. The van der Waals surface area contributed by atoms with Crippen LogP contribution in [0.5, 0.6) is 0 Å². The Balaban J connectivity index is 3.63. The Morgan fingerprint density at radius 1 is 1.33 bits per heavy atom. The van der Waals surface area contributed by atoms with Gasteiger partial charge in [0.2, 0.25) is 0 Å². The molecule has 0 aliphatic carbocycles. The highest BCUT2D eigenvalue weighted by molar-refractivity contribution is 6.17. The summed E-state index contributed by atoms with van der Waals surface area (Å²) in [7, 11) is 0. The van der Waals surface area contributed by atoms with E-state index in [1.165, 1.54) is 0 Å². The average molecular weight is 200 g/mol. The molecule has 0 bridgehead atoms. The summed E-state index contributed by atoms with van der Waals surface area (Å²) in [6.45, 7) is 3.76. The summed E-state index contributed by atoms with van der Waals surface area (Å²) in [5.74, 6) is 0.863. The van der Waals surface area contributed by atoms with Crippen molar-refractivity contribution in [3.63, 3.8) is 0 Å². The fourth-order valence-electron chi connectivity index (χ4n) is 1.03. The summed E-state index contributed by atoms with van der Waals surface area (Å²) in [6.07, 6.45) is -1.53. The molecule has 0 aromatic heterocycles. The van der Waals surface area contributed by atoms with Gasteiger partial charge in [0.15, 0.2) is 0 Å². The Bertz CT molecular complexity index is 109. The molecule has 0 radical (unpaired) electrons. The van der Waals surface area contributed by atoms with Gasteiger partial charge in [-0.25, -0.2) is 8.78 Å². The van der Waals surface area contributed by atoms with Crippen LogP contribution in [0.2, 0.25) is 0 Å². The number of hydrogen-bond donors (Lipinski definition) is 1. The molecule has 0 aliphatic heterocycles. The van der Waals surface area contributed by atoms with Crippen LogP contribution in [0.3, 0.4) is 0 Å². The van der Waals surface area contributed by atoms with Gasteiger partial charge in [0, 0.05) is 11.9 Å². The van der Waals surface area contributed by atoms with Crippen LogP contribution < -0.4 is 5.32 Å². The molecule has 0 rings (SSSR count). The molecule has 1 nitrogen and oxygen atoms in total. The van der Waals surface area contributed by atoms with Gasteiger partial charge in [0.1, 0.15) is 0 Å². The standard InChI is InChI=1S/C8H16ClF2N/c1-6(2)7(3-4-9)12-5-8(10)11/h6-8,12H,3-5H2,1-2H3. The smallest absolute Gasteiger partial charge is 0.250 e. The zero-order valence-corrected chi connectivity index (χ0v) is 8.24. The zero-order chi connectivity index (χ0) is 9.56. The molecule has 12 heavy (non-hydrogen) atoms. The van der Waals surface area contributed by atoms with Crippen LogP contribution in [-0.2, 0) is 0 Å². The molecule has 0 heterocycles. The van der Waals surface area contributed by atoms with Gasteiger partial charge in [-0.1, -0.05) is 13.8 Å². The van der Waals surface area contributed by atoms with Crippen LogP contribution in [0, 0.1) is 5.92 Å². The van der Waals surface area contributed by atoms with Crippen LogP contribution in [0.1, 0.15) is 20.3 Å². The lowest BCUT2D eigenvalue weighted by Crippen LogP contribution is -2.37. The molecule has 1 atom stereocenters. The van der Waals surface area contributed by atoms with E-state index in [2.05, 4.69) is 5.32 Å². The van der Waals surface area contributed by atoms with Gasteiger partial charge >= 0.3 is 0 Å². The molecule has 0 spiro atoms. The van der Waals surface area contributed by atoms with E-state index in [0.717, 1.165) is 6.42 Å². The molecule has 0 saturated heterocycles. The molecule has 4 heteroatoms. The molecule has 1 N–H and O–H groups in total. The molecule has 0 aliphatic rings. The van der Waals surface area contributed by atoms with Crippen molar-refractivity contribution in [2.75, 3.05) is 12.4 Å². The monoisotopic (exact) mass is 199 g/mol. The van der Waals surface area contributed by atoms with Crippen LogP contribution in [0.4, 0.5) is 8.78 Å². The maximum atomic E-state index is 11.8. The lowest BCUT2D eigenvalue weighted by Gasteiger charge is -2.21. The molecule has 0 aromatic rings. The first kappa shape index (κ1) is 12.1. The Kier molecular flexibility index (Phi) is 6.67. The summed E-state index contributed by atoms with van der Waals surface area (Å²) in [4.78, 5) is 0. The molecule has 0 aromatic carbocycles. The predicted molar refractivity (Wildman–Crippen MR) is 48.0 cm³/mol. The quantitative estimate of drug-likeness (QED) is 0.649. The normalized spacial score (nSPS) is 14.2. The molecule has 1 unspecified atom stereocenters. The van der Waals surface area contributed by atoms with E-state index < -0.39 is 6.43 Å². The number of alkyl halides is 3. The van der Waals surface area contributed by atoms with Gasteiger partial charge in [-0.05, 0) is 12.3 Å². The fraction of sp³-hybridized carbons (Fsp3) is 1.00. The molecular formula is C8H16ClF2N. The number of halogens is 3. The van der Waals surface area contributed by atoms with Crippen molar-refractivity contribution in [3.8, 4) is 0 Å². The molecule has 0 amide bonds. The number of hydrogen-bond acceptors (Lipinski definition) is 1. The summed E-state index contributed by atoms with van der Waals surface area (Å²) in [6, 6.07) is 0.108. The molecular weight excluding hydrogens is 184 g/mol. The van der Waals surface area contributed by atoms with Crippen LogP contribution in [0.15, 0.2) is 0 Å². The van der Waals surface area contributed by atoms with E-state index >= 15 is 0 Å². The van der Waals surface area contributed by atoms with Gasteiger partial charge in [-0.2, -0.15) is 0 Å².